The highest BCUT2D eigenvalue weighted by molar-refractivity contribution is 7.86. The van der Waals surface area contributed by atoms with Crippen LogP contribution in [0.25, 0.3) is 5.65 Å². The first-order chi connectivity index (χ1) is 13.8. The van der Waals surface area contributed by atoms with E-state index in [1.807, 2.05) is 67.9 Å². The van der Waals surface area contributed by atoms with Crippen LogP contribution in [0.2, 0.25) is 0 Å². The maximum absolute atomic E-state index is 13.1. The number of carbonyl (C=O) groups excluding carboxylic acids is 1. The lowest BCUT2D eigenvalue weighted by Gasteiger charge is -2.37. The molecule has 3 heterocycles. The summed E-state index contributed by atoms with van der Waals surface area (Å²) in [5.41, 5.74) is 3.32. The molecule has 29 heavy (non-hydrogen) atoms. The molecule has 0 bridgehead atoms. The predicted molar refractivity (Wildman–Crippen MR) is 114 cm³/mol. The van der Waals surface area contributed by atoms with Crippen molar-refractivity contribution >= 4 is 22.4 Å². The van der Waals surface area contributed by atoms with E-state index in [0.717, 1.165) is 16.9 Å². The molecule has 0 spiro atoms. The minimum Gasteiger partial charge on any atom is -0.486 e. The number of amides is 1. The zero-order valence-corrected chi connectivity index (χ0v) is 17.7. The van der Waals surface area contributed by atoms with Gasteiger partial charge in [-0.1, -0.05) is 18.2 Å². The molecule has 0 aliphatic carbocycles. The number of fused-ring (bicyclic) bond motifs is 1. The highest BCUT2D eigenvalue weighted by atomic mass is 32.2. The Kier molecular flexibility index (Phi) is 5.17. The Bertz CT molecular complexity index is 1090. The van der Waals surface area contributed by atoms with Gasteiger partial charge in [0.15, 0.2) is 0 Å². The van der Waals surface area contributed by atoms with Gasteiger partial charge in [0.2, 0.25) is 0 Å². The van der Waals surface area contributed by atoms with E-state index in [4.69, 9.17) is 4.74 Å². The largest absolute Gasteiger partial charge is 0.486 e. The van der Waals surface area contributed by atoms with Gasteiger partial charge in [0.1, 0.15) is 18.0 Å². The molecule has 1 aliphatic heterocycles. The van der Waals surface area contributed by atoms with Gasteiger partial charge >= 0.3 is 0 Å². The minimum absolute atomic E-state index is 0.0868. The van der Waals surface area contributed by atoms with Crippen LogP contribution in [0.1, 0.15) is 35.5 Å². The van der Waals surface area contributed by atoms with Crippen molar-refractivity contribution in [2.75, 3.05) is 18.8 Å². The zero-order chi connectivity index (χ0) is 20.6. The van der Waals surface area contributed by atoms with Gasteiger partial charge < -0.3 is 14.0 Å². The van der Waals surface area contributed by atoms with E-state index >= 15 is 0 Å². The molecule has 6 nitrogen and oxygen atoms in total. The maximum atomic E-state index is 13.1. The summed E-state index contributed by atoms with van der Waals surface area (Å²) in [6.45, 7) is 7.15. The van der Waals surface area contributed by atoms with Gasteiger partial charge in [-0.05, 0) is 44.5 Å². The van der Waals surface area contributed by atoms with Crippen molar-refractivity contribution in [1.29, 1.82) is 0 Å². The quantitative estimate of drug-likeness (QED) is 0.661. The van der Waals surface area contributed by atoms with E-state index in [0.29, 0.717) is 30.2 Å². The van der Waals surface area contributed by atoms with Crippen molar-refractivity contribution in [3.05, 3.63) is 65.6 Å². The third kappa shape index (κ3) is 3.92. The lowest BCUT2D eigenvalue weighted by molar-refractivity contribution is 0.0741. The summed E-state index contributed by atoms with van der Waals surface area (Å²) in [5.74, 6) is 0.953. The predicted octanol–water partition coefficient (Wildman–Crippen LogP) is 3.20. The minimum atomic E-state index is -0.923. The number of carbonyl (C=O) groups is 1. The Hall–Kier alpha value is -2.67. The monoisotopic (exact) mass is 411 g/mol. The first-order valence-corrected chi connectivity index (χ1v) is 11.0. The van der Waals surface area contributed by atoms with Crippen LogP contribution in [0.4, 0.5) is 0 Å². The number of hydrogen-bond acceptors (Lipinski definition) is 4. The molecule has 1 fully saturated rings. The molecule has 1 amide bonds. The molecule has 2 aromatic heterocycles. The molecule has 1 aliphatic rings. The van der Waals surface area contributed by atoms with Gasteiger partial charge in [0, 0.05) is 42.0 Å². The van der Waals surface area contributed by atoms with Crippen molar-refractivity contribution in [2.45, 2.75) is 32.1 Å². The molecule has 0 N–H and O–H groups in total. The second-order valence-electron chi connectivity index (χ2n) is 7.98. The number of imidazole rings is 1. The van der Waals surface area contributed by atoms with Crippen LogP contribution >= 0.6 is 0 Å². The maximum Gasteiger partial charge on any atom is 0.257 e. The molecule has 3 aromatic rings. The van der Waals surface area contributed by atoms with Gasteiger partial charge in [0.25, 0.3) is 5.91 Å². The third-order valence-corrected chi connectivity index (χ3v) is 7.16. The van der Waals surface area contributed by atoms with Gasteiger partial charge in [-0.25, -0.2) is 4.98 Å². The lowest BCUT2D eigenvalue weighted by Crippen LogP contribution is -2.52. The van der Waals surface area contributed by atoms with Crippen molar-refractivity contribution in [1.82, 2.24) is 14.3 Å². The fraction of sp³-hybridized carbons (Fsp3) is 0.364. The number of ether oxygens (including phenoxy) is 1. The smallest absolute Gasteiger partial charge is 0.257 e. The van der Waals surface area contributed by atoms with Crippen LogP contribution in [0.15, 0.2) is 48.8 Å². The fourth-order valence-electron chi connectivity index (χ4n) is 3.62. The summed E-state index contributed by atoms with van der Waals surface area (Å²) in [7, 11) is -0.923. The van der Waals surface area contributed by atoms with Crippen LogP contribution in [-0.2, 0) is 17.4 Å². The van der Waals surface area contributed by atoms with Crippen molar-refractivity contribution in [3.8, 4) is 5.75 Å². The van der Waals surface area contributed by atoms with Crippen molar-refractivity contribution < 1.29 is 13.7 Å². The summed E-state index contributed by atoms with van der Waals surface area (Å²) in [6.07, 6.45) is 3.90. The topological polar surface area (TPSA) is 63.9 Å². The molecule has 0 radical (unpaired) electrons. The van der Waals surface area contributed by atoms with Crippen LogP contribution in [0.3, 0.4) is 0 Å². The van der Waals surface area contributed by atoms with Crippen LogP contribution in [0.5, 0.6) is 5.75 Å². The van der Waals surface area contributed by atoms with Crippen LogP contribution < -0.4 is 4.74 Å². The Morgan fingerprint density at radius 3 is 2.79 bits per heavy atom. The SMILES string of the molecule is Cc1cccn2cc(COc3ccccc3C(=O)N3CCS(=O)C(C)(C)C3)nc12. The average molecular weight is 412 g/mol. The second kappa shape index (κ2) is 7.63. The van der Waals surface area contributed by atoms with Crippen molar-refractivity contribution in [2.24, 2.45) is 0 Å². The van der Waals surface area contributed by atoms with Crippen LogP contribution in [0, 0.1) is 6.92 Å². The molecular weight excluding hydrogens is 386 g/mol. The Labute approximate surface area is 173 Å². The molecule has 1 atom stereocenters. The number of pyridine rings is 1. The first-order valence-electron chi connectivity index (χ1n) is 9.68. The summed E-state index contributed by atoms with van der Waals surface area (Å²) in [4.78, 5) is 19.5. The summed E-state index contributed by atoms with van der Waals surface area (Å²) < 4.78 is 19.7. The van der Waals surface area contributed by atoms with E-state index in [-0.39, 0.29) is 12.5 Å². The molecule has 0 saturated carbocycles. The van der Waals surface area contributed by atoms with E-state index in [1.54, 1.807) is 11.0 Å². The molecule has 152 valence electrons. The molecule has 1 saturated heterocycles. The normalized spacial score (nSPS) is 18.7. The highest BCUT2D eigenvalue weighted by Crippen LogP contribution is 2.26. The lowest BCUT2D eigenvalue weighted by atomic mass is 10.1. The van der Waals surface area contributed by atoms with Gasteiger partial charge in [-0.3, -0.25) is 9.00 Å². The number of aryl methyl sites for hydroxylation is 1. The molecule has 7 heteroatoms. The number of aromatic nitrogens is 2. The zero-order valence-electron chi connectivity index (χ0n) is 16.9. The average Bonchev–Trinajstić information content (AvgIpc) is 3.13. The van der Waals surface area contributed by atoms with Gasteiger partial charge in [-0.2, -0.15) is 0 Å². The number of benzene rings is 1. The molecular formula is C22H25N3O3S. The van der Waals surface area contributed by atoms with Crippen molar-refractivity contribution in [3.63, 3.8) is 0 Å². The van der Waals surface area contributed by atoms with E-state index in [1.165, 1.54) is 0 Å². The number of para-hydroxylation sites is 1. The van der Waals surface area contributed by atoms with E-state index < -0.39 is 15.5 Å². The second-order valence-corrected chi connectivity index (χ2v) is 10.2. The van der Waals surface area contributed by atoms with E-state index in [2.05, 4.69) is 4.98 Å². The molecule has 1 unspecified atom stereocenters. The Morgan fingerprint density at radius 2 is 2.03 bits per heavy atom. The molecule has 1 aromatic carbocycles. The Morgan fingerprint density at radius 1 is 1.24 bits per heavy atom. The van der Waals surface area contributed by atoms with Crippen LogP contribution in [-0.4, -0.2) is 48.0 Å². The van der Waals surface area contributed by atoms with Gasteiger partial charge in [-0.15, -0.1) is 0 Å². The number of rotatable bonds is 4. The summed E-state index contributed by atoms with van der Waals surface area (Å²) in [6, 6.07) is 11.3. The third-order valence-electron chi connectivity index (χ3n) is 5.24. The number of hydrogen-bond donors (Lipinski definition) is 0. The van der Waals surface area contributed by atoms with E-state index in [9.17, 15) is 9.00 Å². The summed E-state index contributed by atoms with van der Waals surface area (Å²) >= 11 is 0. The first kappa shape index (κ1) is 19.6. The fourth-order valence-corrected chi connectivity index (χ4v) is 4.86. The highest BCUT2D eigenvalue weighted by Gasteiger charge is 2.36. The standard InChI is InChI=1S/C22H25N3O3S/c1-16-7-6-10-24-13-17(23-20(16)24)14-28-19-9-5-4-8-18(19)21(26)25-11-12-29(27)22(2,3)15-25/h4-10,13H,11-12,14-15H2,1-3H3. The van der Waals surface area contributed by atoms with Gasteiger partial charge in [0.05, 0.1) is 16.0 Å². The molecule has 4 rings (SSSR count). The number of nitrogens with zero attached hydrogens (tertiary/aromatic N) is 3. The summed E-state index contributed by atoms with van der Waals surface area (Å²) in [5, 5.41) is 0. The Balaban J connectivity index is 1.53.